The van der Waals surface area contributed by atoms with Gasteiger partial charge in [-0.05, 0) is 12.5 Å². The fourth-order valence-electron chi connectivity index (χ4n) is 1.34. The van der Waals surface area contributed by atoms with Crippen molar-refractivity contribution in [3.05, 3.63) is 35.9 Å². The van der Waals surface area contributed by atoms with E-state index in [2.05, 4.69) is 0 Å². The SMILES string of the molecule is CC(O)(CSC[C@@H](N)C(=O)O)c1ccccc1. The van der Waals surface area contributed by atoms with Gasteiger partial charge in [-0.1, -0.05) is 30.3 Å². The van der Waals surface area contributed by atoms with E-state index in [0.717, 1.165) is 5.56 Å². The van der Waals surface area contributed by atoms with Gasteiger partial charge in [0.15, 0.2) is 0 Å². The Bertz CT molecular complexity index is 367. The Balaban J connectivity index is 2.48. The smallest absolute Gasteiger partial charge is 0.321 e. The van der Waals surface area contributed by atoms with Crippen molar-refractivity contribution in [2.24, 2.45) is 5.73 Å². The number of thioether (sulfide) groups is 1. The first-order valence-electron chi connectivity index (χ1n) is 5.27. The molecule has 0 radical (unpaired) electrons. The number of hydrogen-bond acceptors (Lipinski definition) is 4. The maximum Gasteiger partial charge on any atom is 0.321 e. The lowest BCUT2D eigenvalue weighted by atomic mass is 9.99. The average molecular weight is 255 g/mol. The fourth-order valence-corrected chi connectivity index (χ4v) is 2.41. The molecule has 0 aromatic heterocycles. The summed E-state index contributed by atoms with van der Waals surface area (Å²) in [6, 6.07) is 8.41. The standard InChI is InChI=1S/C12H17NO3S/c1-12(16,9-5-3-2-4-6-9)8-17-7-10(13)11(14)15/h2-6,10,16H,7-8,13H2,1H3,(H,14,15)/t10-,12?/m1/s1. The van der Waals surface area contributed by atoms with Crippen LogP contribution in [0.1, 0.15) is 12.5 Å². The van der Waals surface area contributed by atoms with Gasteiger partial charge in [-0.3, -0.25) is 4.79 Å². The van der Waals surface area contributed by atoms with Gasteiger partial charge in [0.2, 0.25) is 0 Å². The summed E-state index contributed by atoms with van der Waals surface area (Å²) in [5.74, 6) is -0.312. The number of rotatable bonds is 6. The molecule has 4 N–H and O–H groups in total. The molecule has 1 aromatic rings. The number of aliphatic carboxylic acids is 1. The Morgan fingerprint density at radius 1 is 1.47 bits per heavy atom. The predicted octanol–water partition coefficient (Wildman–Crippen LogP) is 1.04. The zero-order valence-corrected chi connectivity index (χ0v) is 10.5. The second-order valence-electron chi connectivity index (χ2n) is 4.10. The molecular formula is C12H17NO3S. The van der Waals surface area contributed by atoms with Crippen LogP contribution in [-0.4, -0.2) is 33.7 Å². The fraction of sp³-hybridized carbons (Fsp3) is 0.417. The molecule has 0 fully saturated rings. The first-order chi connectivity index (χ1) is 7.93. The van der Waals surface area contributed by atoms with Gasteiger partial charge in [0.1, 0.15) is 6.04 Å². The highest BCUT2D eigenvalue weighted by Crippen LogP contribution is 2.24. The van der Waals surface area contributed by atoms with Crippen LogP contribution >= 0.6 is 11.8 Å². The summed E-state index contributed by atoms with van der Waals surface area (Å²) in [7, 11) is 0. The van der Waals surface area contributed by atoms with Gasteiger partial charge in [-0.25, -0.2) is 0 Å². The van der Waals surface area contributed by atoms with Gasteiger partial charge in [0, 0.05) is 11.5 Å². The van der Waals surface area contributed by atoms with Crippen molar-refractivity contribution >= 4 is 17.7 Å². The van der Waals surface area contributed by atoms with Crippen LogP contribution in [-0.2, 0) is 10.4 Å². The van der Waals surface area contributed by atoms with Crippen molar-refractivity contribution in [1.82, 2.24) is 0 Å². The van der Waals surface area contributed by atoms with Crippen LogP contribution in [0.25, 0.3) is 0 Å². The first kappa shape index (κ1) is 14.0. The van der Waals surface area contributed by atoms with E-state index in [1.807, 2.05) is 30.3 Å². The lowest BCUT2D eigenvalue weighted by Crippen LogP contribution is -2.34. The second kappa shape index (κ2) is 6.05. The van der Waals surface area contributed by atoms with E-state index >= 15 is 0 Å². The Morgan fingerprint density at radius 3 is 2.59 bits per heavy atom. The number of carbonyl (C=O) groups is 1. The Kier molecular flexibility index (Phi) is 4.99. The maximum atomic E-state index is 10.5. The van der Waals surface area contributed by atoms with Crippen molar-refractivity contribution in [3.63, 3.8) is 0 Å². The van der Waals surface area contributed by atoms with E-state index in [1.54, 1.807) is 6.92 Å². The van der Waals surface area contributed by atoms with Crippen molar-refractivity contribution in [1.29, 1.82) is 0 Å². The van der Waals surface area contributed by atoms with Crippen LogP contribution in [0.2, 0.25) is 0 Å². The maximum absolute atomic E-state index is 10.5. The number of nitrogens with two attached hydrogens (primary N) is 1. The number of carboxylic acids is 1. The summed E-state index contributed by atoms with van der Waals surface area (Å²) in [5.41, 5.74) is 5.23. The number of carboxylic acid groups (broad SMARTS) is 1. The van der Waals surface area contributed by atoms with Crippen molar-refractivity contribution in [2.45, 2.75) is 18.6 Å². The molecule has 1 rings (SSSR count). The third kappa shape index (κ3) is 4.38. The molecule has 0 spiro atoms. The van der Waals surface area contributed by atoms with Crippen molar-refractivity contribution < 1.29 is 15.0 Å². The lowest BCUT2D eigenvalue weighted by Gasteiger charge is -2.23. The highest BCUT2D eigenvalue weighted by molar-refractivity contribution is 7.99. The summed E-state index contributed by atoms with van der Waals surface area (Å²) in [4.78, 5) is 10.5. The third-order valence-electron chi connectivity index (χ3n) is 2.39. The first-order valence-corrected chi connectivity index (χ1v) is 6.43. The van der Waals surface area contributed by atoms with Crippen LogP contribution in [0.15, 0.2) is 30.3 Å². The molecule has 0 amide bonds. The van der Waals surface area contributed by atoms with Crippen LogP contribution < -0.4 is 5.73 Å². The van der Waals surface area contributed by atoms with E-state index in [9.17, 15) is 9.90 Å². The molecule has 94 valence electrons. The van der Waals surface area contributed by atoms with E-state index < -0.39 is 17.6 Å². The van der Waals surface area contributed by atoms with Gasteiger partial charge in [-0.15, -0.1) is 0 Å². The summed E-state index contributed by atoms with van der Waals surface area (Å²) in [5, 5.41) is 18.9. The van der Waals surface area contributed by atoms with Crippen molar-refractivity contribution in [2.75, 3.05) is 11.5 Å². The Morgan fingerprint density at radius 2 is 2.06 bits per heavy atom. The van der Waals surface area contributed by atoms with Crippen molar-refractivity contribution in [3.8, 4) is 0 Å². The molecule has 4 nitrogen and oxygen atoms in total. The van der Waals surface area contributed by atoms with Crippen LogP contribution in [0.5, 0.6) is 0 Å². The van der Waals surface area contributed by atoms with E-state index in [4.69, 9.17) is 10.8 Å². The minimum atomic E-state index is -1.02. The molecule has 0 aliphatic rings. The molecule has 2 atom stereocenters. The van der Waals surface area contributed by atoms with Gasteiger partial charge in [-0.2, -0.15) is 11.8 Å². The molecule has 0 bridgehead atoms. The normalized spacial score (nSPS) is 16.2. The lowest BCUT2D eigenvalue weighted by molar-refractivity contribution is -0.137. The monoisotopic (exact) mass is 255 g/mol. The highest BCUT2D eigenvalue weighted by Gasteiger charge is 2.23. The van der Waals surface area contributed by atoms with E-state index in [-0.39, 0.29) is 5.75 Å². The molecule has 1 unspecified atom stereocenters. The summed E-state index contributed by atoms with van der Waals surface area (Å²) in [6.45, 7) is 1.71. The number of aliphatic hydroxyl groups is 1. The predicted molar refractivity (Wildman–Crippen MR) is 68.9 cm³/mol. The summed E-state index contributed by atoms with van der Waals surface area (Å²) in [6.07, 6.45) is 0. The summed E-state index contributed by atoms with van der Waals surface area (Å²) >= 11 is 1.34. The zero-order chi connectivity index (χ0) is 12.9. The average Bonchev–Trinajstić information content (AvgIpc) is 2.29. The molecule has 17 heavy (non-hydrogen) atoms. The van der Waals surface area contributed by atoms with Gasteiger partial charge in [0.05, 0.1) is 5.60 Å². The van der Waals surface area contributed by atoms with Gasteiger partial charge in [0.25, 0.3) is 0 Å². The van der Waals surface area contributed by atoms with Crippen LogP contribution in [0, 0.1) is 0 Å². The quantitative estimate of drug-likeness (QED) is 0.707. The molecule has 0 saturated heterocycles. The summed E-state index contributed by atoms with van der Waals surface area (Å²) < 4.78 is 0. The van der Waals surface area contributed by atoms with Gasteiger partial charge < -0.3 is 15.9 Å². The largest absolute Gasteiger partial charge is 0.480 e. The minimum Gasteiger partial charge on any atom is -0.480 e. The molecule has 5 heteroatoms. The molecule has 0 saturated carbocycles. The minimum absolute atomic E-state index is 0.290. The van der Waals surface area contributed by atoms with E-state index in [1.165, 1.54) is 11.8 Å². The highest BCUT2D eigenvalue weighted by atomic mass is 32.2. The topological polar surface area (TPSA) is 83.5 Å². The molecule has 1 aromatic carbocycles. The molecule has 0 aliphatic heterocycles. The van der Waals surface area contributed by atoms with Crippen LogP contribution in [0.3, 0.4) is 0 Å². The van der Waals surface area contributed by atoms with Gasteiger partial charge >= 0.3 is 5.97 Å². The Labute approximate surface area is 105 Å². The van der Waals surface area contributed by atoms with Crippen LogP contribution in [0.4, 0.5) is 0 Å². The molecular weight excluding hydrogens is 238 g/mol. The third-order valence-corrected chi connectivity index (χ3v) is 3.75. The molecule has 0 aliphatic carbocycles. The molecule has 0 heterocycles. The second-order valence-corrected chi connectivity index (χ2v) is 5.13. The Hall–Kier alpha value is -1.04. The van der Waals surface area contributed by atoms with E-state index in [0.29, 0.717) is 5.75 Å². The number of benzene rings is 1. The number of hydrogen-bond donors (Lipinski definition) is 3. The zero-order valence-electron chi connectivity index (χ0n) is 9.67.